The molecule has 2 heterocycles. The number of nitrogens with zero attached hydrogens (tertiary/aromatic N) is 3. The zero-order chi connectivity index (χ0) is 22.3. The van der Waals surface area contributed by atoms with E-state index in [0.29, 0.717) is 57.0 Å². The van der Waals surface area contributed by atoms with Crippen molar-refractivity contribution in [3.8, 4) is 0 Å². The van der Waals surface area contributed by atoms with Gasteiger partial charge in [-0.15, -0.1) is 0 Å². The number of β-amino-alcohol motifs (C(OH)–C–C–N with tert-alkyl or cyclic N) is 1. The van der Waals surface area contributed by atoms with Crippen LogP contribution in [0, 0.1) is 0 Å². The van der Waals surface area contributed by atoms with E-state index in [1.54, 1.807) is 0 Å². The number of aliphatic carboxylic acids is 2. The molecule has 0 saturated carbocycles. The summed E-state index contributed by atoms with van der Waals surface area (Å²) in [5, 5.41) is 41.1. The molecule has 5 atom stereocenters. The molecular formula is C18H32N6O6. The summed E-state index contributed by atoms with van der Waals surface area (Å²) in [6.07, 6.45) is 0.889. The van der Waals surface area contributed by atoms with Crippen molar-refractivity contribution in [2.24, 2.45) is 21.5 Å². The molecule has 12 heteroatoms. The Morgan fingerprint density at radius 1 is 1.10 bits per heavy atom. The molecule has 0 aliphatic carbocycles. The van der Waals surface area contributed by atoms with Crippen molar-refractivity contribution in [1.82, 2.24) is 10.2 Å². The third kappa shape index (κ3) is 6.90. The van der Waals surface area contributed by atoms with Crippen molar-refractivity contribution < 1.29 is 30.0 Å². The monoisotopic (exact) mass is 429 g/mol. The van der Waals surface area contributed by atoms with Crippen LogP contribution in [0.4, 0.5) is 0 Å². The lowest BCUT2D eigenvalue weighted by Crippen LogP contribution is -2.42. The van der Waals surface area contributed by atoms with Crippen LogP contribution in [-0.2, 0) is 9.59 Å². The molecule has 0 aromatic carbocycles. The van der Waals surface area contributed by atoms with E-state index in [0.717, 1.165) is 0 Å². The second-order valence-corrected chi connectivity index (χ2v) is 7.72. The van der Waals surface area contributed by atoms with Gasteiger partial charge in [0.1, 0.15) is 17.9 Å². The van der Waals surface area contributed by atoms with E-state index in [-0.39, 0.29) is 19.0 Å². The number of aliphatic imine (C=N–C) groups is 2. The lowest BCUT2D eigenvalue weighted by Gasteiger charge is -2.26. The van der Waals surface area contributed by atoms with Gasteiger partial charge in [0.05, 0.1) is 18.2 Å². The number of hydrogen-bond donors (Lipinski definition) is 7. The molecule has 9 N–H and O–H groups in total. The molecule has 170 valence electrons. The Morgan fingerprint density at radius 3 is 2.37 bits per heavy atom. The molecule has 0 aromatic heterocycles. The number of aliphatic hydroxyl groups is 2. The fourth-order valence-corrected chi connectivity index (χ4v) is 3.43. The second kappa shape index (κ2) is 11.2. The van der Waals surface area contributed by atoms with Gasteiger partial charge in [-0.1, -0.05) is 0 Å². The predicted molar refractivity (Wildman–Crippen MR) is 109 cm³/mol. The number of carboxylic acids is 2. The van der Waals surface area contributed by atoms with E-state index >= 15 is 0 Å². The summed E-state index contributed by atoms with van der Waals surface area (Å²) in [5.74, 6) is -0.996. The zero-order valence-electron chi connectivity index (χ0n) is 16.9. The number of rotatable bonds is 11. The largest absolute Gasteiger partial charge is 0.480 e. The molecule has 0 spiro atoms. The number of likely N-dealkylation sites (tertiary alicyclic amines) is 1. The lowest BCUT2D eigenvalue weighted by atomic mass is 10.1. The van der Waals surface area contributed by atoms with Crippen LogP contribution in [0.1, 0.15) is 38.5 Å². The first kappa shape index (κ1) is 24.0. The van der Waals surface area contributed by atoms with E-state index in [2.05, 4.69) is 15.3 Å². The minimum Gasteiger partial charge on any atom is -0.480 e. The van der Waals surface area contributed by atoms with Gasteiger partial charge >= 0.3 is 11.9 Å². The highest BCUT2D eigenvalue weighted by atomic mass is 16.4. The van der Waals surface area contributed by atoms with Gasteiger partial charge in [0.2, 0.25) is 5.96 Å². The summed E-state index contributed by atoms with van der Waals surface area (Å²) in [6.45, 7) is 1.11. The summed E-state index contributed by atoms with van der Waals surface area (Å²) < 4.78 is 0. The highest BCUT2D eigenvalue weighted by molar-refractivity contribution is 6.05. The van der Waals surface area contributed by atoms with E-state index in [4.69, 9.17) is 21.7 Å². The Morgan fingerprint density at radius 2 is 1.73 bits per heavy atom. The van der Waals surface area contributed by atoms with Crippen LogP contribution in [0.25, 0.3) is 0 Å². The number of carboxylic acid groups (broad SMARTS) is 2. The molecule has 2 unspecified atom stereocenters. The third-order valence-corrected chi connectivity index (χ3v) is 5.25. The molecule has 2 rings (SSSR count). The fourth-order valence-electron chi connectivity index (χ4n) is 3.43. The van der Waals surface area contributed by atoms with E-state index in [9.17, 15) is 19.8 Å². The minimum absolute atomic E-state index is 0.212. The van der Waals surface area contributed by atoms with Gasteiger partial charge in [-0.25, -0.2) is 0 Å². The molecular weight excluding hydrogens is 397 g/mol. The topological polar surface area (TPSA) is 207 Å². The maximum atomic E-state index is 10.8. The Kier molecular flexibility index (Phi) is 8.96. The Labute approximate surface area is 174 Å². The first-order valence-corrected chi connectivity index (χ1v) is 10.2. The highest BCUT2D eigenvalue weighted by Crippen LogP contribution is 2.19. The lowest BCUT2D eigenvalue weighted by molar-refractivity contribution is -0.139. The number of hydrogen-bond acceptors (Lipinski definition) is 8. The first-order valence-electron chi connectivity index (χ1n) is 10.2. The van der Waals surface area contributed by atoms with Crippen LogP contribution >= 0.6 is 0 Å². The number of nitrogens with one attached hydrogen (secondary N) is 1. The maximum Gasteiger partial charge on any atom is 0.320 e. The molecule has 2 aliphatic heterocycles. The van der Waals surface area contributed by atoms with Crippen LogP contribution in [0.15, 0.2) is 9.98 Å². The van der Waals surface area contributed by atoms with Crippen molar-refractivity contribution >= 4 is 23.7 Å². The predicted octanol–water partition coefficient (Wildman–Crippen LogP) is -2.09. The molecule has 1 saturated heterocycles. The summed E-state index contributed by atoms with van der Waals surface area (Å²) in [6, 6.07) is -2.10. The normalized spacial score (nSPS) is 27.1. The summed E-state index contributed by atoms with van der Waals surface area (Å²) in [7, 11) is 0. The first-order chi connectivity index (χ1) is 14.2. The summed E-state index contributed by atoms with van der Waals surface area (Å²) in [4.78, 5) is 32.3. The van der Waals surface area contributed by atoms with Gasteiger partial charge in [-0.3, -0.25) is 14.6 Å². The summed E-state index contributed by atoms with van der Waals surface area (Å²) in [5.41, 5.74) is 11.0. The van der Waals surface area contributed by atoms with Gasteiger partial charge < -0.3 is 42.1 Å². The van der Waals surface area contributed by atoms with Crippen molar-refractivity contribution in [1.29, 1.82) is 0 Å². The molecule has 0 radical (unpaired) electrons. The number of fused-ring (bicyclic) bond motifs is 1. The van der Waals surface area contributed by atoms with E-state index in [1.807, 2.05) is 4.90 Å². The molecule has 0 bridgehead atoms. The van der Waals surface area contributed by atoms with Crippen molar-refractivity contribution in [3.05, 3.63) is 0 Å². The van der Waals surface area contributed by atoms with Crippen LogP contribution in [0.5, 0.6) is 0 Å². The smallest absolute Gasteiger partial charge is 0.320 e. The van der Waals surface area contributed by atoms with Crippen molar-refractivity contribution in [2.45, 2.75) is 68.9 Å². The average molecular weight is 429 g/mol. The number of carbonyl (C=O) groups is 2. The number of unbranched alkanes of at least 4 members (excludes halogenated alkanes) is 1. The second-order valence-electron chi connectivity index (χ2n) is 7.72. The van der Waals surface area contributed by atoms with Gasteiger partial charge in [0.15, 0.2) is 0 Å². The SMILES string of the molecule is NC(CCCCN1[13CH2][C@H](O)[C@H](O)C[C@H]2NC(=NCCCC(N)C(=O)O)N=C21)C(=O)O. The maximum absolute atomic E-state index is 10.8. The van der Waals surface area contributed by atoms with E-state index in [1.165, 1.54) is 0 Å². The minimum atomic E-state index is -1.04. The number of guanidine groups is 1. The Bertz CT molecular complexity index is 672. The highest BCUT2D eigenvalue weighted by Gasteiger charge is 2.37. The quantitative estimate of drug-likeness (QED) is 0.141. The average Bonchev–Trinajstić information content (AvgIpc) is 3.04. The van der Waals surface area contributed by atoms with Gasteiger partial charge in [-0.05, 0) is 32.1 Å². The number of amidine groups is 1. The summed E-state index contributed by atoms with van der Waals surface area (Å²) >= 11 is 0. The number of nitrogens with two attached hydrogens (primary N) is 2. The molecule has 12 nitrogen and oxygen atoms in total. The Hall–Kier alpha value is -2.28. The Balaban J connectivity index is 1.95. The van der Waals surface area contributed by atoms with Gasteiger partial charge in [-0.2, -0.15) is 4.99 Å². The van der Waals surface area contributed by atoms with Gasteiger partial charge in [0.25, 0.3) is 0 Å². The standard InChI is InChI=1S/C18H32N6O6/c19-10(16(27)28)4-1-2-7-24-9-14(26)13(25)8-12-15(24)23-18(22-12)21-6-3-5-11(20)17(29)30/h10-14,25-26H,1-9,19-20H2,(H,21,22)(H,27,28)(H,29,30)/t10?,11?,12-,13-,14+/m1/s1/i9+1. The van der Waals surface area contributed by atoms with Crippen molar-refractivity contribution in [2.75, 3.05) is 19.6 Å². The van der Waals surface area contributed by atoms with Crippen LogP contribution < -0.4 is 16.8 Å². The third-order valence-electron chi connectivity index (χ3n) is 5.25. The molecule has 30 heavy (non-hydrogen) atoms. The molecule has 0 amide bonds. The van der Waals surface area contributed by atoms with E-state index < -0.39 is 36.2 Å². The molecule has 2 aliphatic rings. The molecule has 1 fully saturated rings. The van der Waals surface area contributed by atoms with Crippen LogP contribution in [0.3, 0.4) is 0 Å². The van der Waals surface area contributed by atoms with Crippen LogP contribution in [0.2, 0.25) is 0 Å². The van der Waals surface area contributed by atoms with Gasteiger partial charge in [0, 0.05) is 26.1 Å². The van der Waals surface area contributed by atoms with Crippen molar-refractivity contribution in [3.63, 3.8) is 0 Å². The molecule has 0 aromatic rings. The number of aliphatic hydroxyl groups excluding tert-OH is 2. The zero-order valence-corrected chi connectivity index (χ0v) is 16.9. The fraction of sp³-hybridized carbons (Fsp3) is 0.778. The van der Waals surface area contributed by atoms with Crippen LogP contribution in [-0.4, -0.2) is 99.0 Å².